The van der Waals surface area contributed by atoms with E-state index in [9.17, 15) is 20.4 Å². The van der Waals surface area contributed by atoms with Crippen molar-refractivity contribution < 1.29 is 30.3 Å². The van der Waals surface area contributed by atoms with Crippen molar-refractivity contribution in [3.63, 3.8) is 0 Å². The second-order valence-corrected chi connectivity index (χ2v) is 3.80. The molecule has 1 heterocycles. The van der Waals surface area contributed by atoms with Crippen LogP contribution in [0.4, 0.5) is 0 Å². The van der Waals surface area contributed by atoms with Crippen molar-refractivity contribution >= 4 is 0 Å². The molecule has 0 aliphatic carbocycles. The highest BCUT2D eigenvalue weighted by Crippen LogP contribution is 2.25. The van der Waals surface area contributed by atoms with Gasteiger partial charge in [0.2, 0.25) is 0 Å². The number of hydrogen-bond donors (Lipinski definition) is 5. The van der Waals surface area contributed by atoms with Crippen molar-refractivity contribution in [2.24, 2.45) is 0 Å². The third-order valence-electron chi connectivity index (χ3n) is 2.38. The van der Waals surface area contributed by atoms with Crippen molar-refractivity contribution in [1.29, 1.82) is 0 Å². The smallest absolute Gasteiger partial charge is 0.184 e. The van der Waals surface area contributed by atoms with Gasteiger partial charge in [-0.2, -0.15) is 0 Å². The Bertz CT molecular complexity index is 259. The molecular weight excluding hydrogens is 204 g/mol. The molecule has 0 spiro atoms. The zero-order chi connectivity index (χ0) is 11.7. The molecule has 5 N–H and O–H groups in total. The minimum atomic E-state index is -1.55. The highest BCUT2D eigenvalue weighted by atomic mass is 16.6. The third kappa shape index (κ3) is 2.30. The van der Waals surface area contributed by atoms with Gasteiger partial charge in [-0.3, -0.25) is 0 Å². The predicted molar refractivity (Wildman–Crippen MR) is 49.9 cm³/mol. The molecule has 0 aromatic rings. The molecular formula is C9H16O6. The number of aliphatic hydroxyl groups is 5. The minimum absolute atomic E-state index is 0.333. The Labute approximate surface area is 87.0 Å². The quantitative estimate of drug-likeness (QED) is 0.367. The molecule has 0 bridgehead atoms. The van der Waals surface area contributed by atoms with E-state index in [0.29, 0.717) is 5.57 Å². The monoisotopic (exact) mass is 220 g/mol. The largest absolute Gasteiger partial charge is 0.510 e. The summed E-state index contributed by atoms with van der Waals surface area (Å²) in [5.74, 6) is -0.333. The van der Waals surface area contributed by atoms with Crippen LogP contribution in [0.1, 0.15) is 13.8 Å². The van der Waals surface area contributed by atoms with E-state index >= 15 is 0 Å². The van der Waals surface area contributed by atoms with Crippen LogP contribution in [0.3, 0.4) is 0 Å². The number of rotatable bonds is 2. The molecule has 15 heavy (non-hydrogen) atoms. The Morgan fingerprint density at radius 1 is 1.13 bits per heavy atom. The fourth-order valence-electron chi connectivity index (χ4n) is 1.40. The zero-order valence-electron chi connectivity index (χ0n) is 8.53. The number of aliphatic hydroxyl groups excluding tert-OH is 5. The lowest BCUT2D eigenvalue weighted by Crippen LogP contribution is -2.40. The fraction of sp³-hybridized carbons (Fsp3) is 0.778. The van der Waals surface area contributed by atoms with Gasteiger partial charge in [0.05, 0.1) is 0 Å². The summed E-state index contributed by atoms with van der Waals surface area (Å²) >= 11 is 0. The van der Waals surface area contributed by atoms with Crippen LogP contribution in [0.2, 0.25) is 0 Å². The topological polar surface area (TPSA) is 110 Å². The second-order valence-electron chi connectivity index (χ2n) is 3.80. The Balaban J connectivity index is 2.78. The lowest BCUT2D eigenvalue weighted by atomic mass is 10.0. The standard InChI is InChI=1S/C9H16O6/c1-3(2)4(10)5(11)8-6(12)7(13)9(14)15-8/h5-14H,1-2H3/t5-,6+,7-,8+,9?/m1/s1. The van der Waals surface area contributed by atoms with E-state index < -0.39 is 30.7 Å². The van der Waals surface area contributed by atoms with Gasteiger partial charge in [-0.25, -0.2) is 0 Å². The highest BCUT2D eigenvalue weighted by Gasteiger charge is 2.46. The van der Waals surface area contributed by atoms with Gasteiger partial charge in [-0.05, 0) is 19.4 Å². The summed E-state index contributed by atoms with van der Waals surface area (Å²) in [5, 5.41) is 46.6. The Hall–Kier alpha value is -0.660. The van der Waals surface area contributed by atoms with Crippen LogP contribution in [-0.2, 0) is 4.74 Å². The number of hydrogen-bond acceptors (Lipinski definition) is 6. The summed E-state index contributed by atoms with van der Waals surface area (Å²) in [4.78, 5) is 0. The van der Waals surface area contributed by atoms with Crippen molar-refractivity contribution in [1.82, 2.24) is 0 Å². The molecule has 5 atom stereocenters. The summed E-state index contributed by atoms with van der Waals surface area (Å²) in [6.07, 6.45) is -7.16. The Kier molecular flexibility index (Phi) is 3.69. The fourth-order valence-corrected chi connectivity index (χ4v) is 1.40. The molecule has 0 saturated carbocycles. The second kappa shape index (κ2) is 4.46. The van der Waals surface area contributed by atoms with Crippen LogP contribution in [0.15, 0.2) is 11.3 Å². The van der Waals surface area contributed by atoms with E-state index in [-0.39, 0.29) is 5.76 Å². The molecule has 0 aromatic heterocycles. The summed E-state index contributed by atoms with van der Waals surface area (Å²) in [6.45, 7) is 3.15. The molecule has 1 fully saturated rings. The average molecular weight is 220 g/mol. The van der Waals surface area contributed by atoms with Crippen molar-refractivity contribution in [3.05, 3.63) is 11.3 Å². The van der Waals surface area contributed by atoms with E-state index in [1.54, 1.807) is 13.8 Å². The lowest BCUT2D eigenvalue weighted by molar-refractivity contribution is -0.144. The maximum atomic E-state index is 9.58. The first kappa shape index (κ1) is 12.4. The van der Waals surface area contributed by atoms with E-state index in [4.69, 9.17) is 9.84 Å². The van der Waals surface area contributed by atoms with Crippen molar-refractivity contribution in [2.45, 2.75) is 44.6 Å². The van der Waals surface area contributed by atoms with Gasteiger partial charge in [0, 0.05) is 0 Å². The molecule has 6 nitrogen and oxygen atoms in total. The highest BCUT2D eigenvalue weighted by molar-refractivity contribution is 5.10. The first-order valence-electron chi connectivity index (χ1n) is 4.60. The summed E-state index contributed by atoms with van der Waals surface area (Å²) in [7, 11) is 0. The normalized spacial score (nSPS) is 37.7. The molecule has 1 rings (SSSR count). The SMILES string of the molecule is CC(C)=C(O)[C@@H](O)[C@@H]1OC(O)[C@H](O)[C@@H]1O. The zero-order valence-corrected chi connectivity index (χ0v) is 8.53. The number of allylic oxidation sites excluding steroid dienone is 1. The van der Waals surface area contributed by atoms with Crippen molar-refractivity contribution in [3.8, 4) is 0 Å². The van der Waals surface area contributed by atoms with E-state index in [2.05, 4.69) is 0 Å². The van der Waals surface area contributed by atoms with Crippen LogP contribution >= 0.6 is 0 Å². The van der Waals surface area contributed by atoms with Gasteiger partial charge >= 0.3 is 0 Å². The molecule has 0 aromatic carbocycles. The molecule has 0 amide bonds. The molecule has 1 saturated heterocycles. The van der Waals surface area contributed by atoms with E-state index in [1.165, 1.54) is 0 Å². The van der Waals surface area contributed by atoms with Crippen LogP contribution in [0.25, 0.3) is 0 Å². The maximum absolute atomic E-state index is 9.58. The summed E-state index contributed by atoms with van der Waals surface area (Å²) < 4.78 is 4.73. The maximum Gasteiger partial charge on any atom is 0.184 e. The molecule has 1 unspecified atom stereocenters. The van der Waals surface area contributed by atoms with Gasteiger partial charge in [-0.1, -0.05) is 0 Å². The van der Waals surface area contributed by atoms with Gasteiger partial charge < -0.3 is 30.3 Å². The molecule has 0 radical (unpaired) electrons. The molecule has 1 aliphatic heterocycles. The van der Waals surface area contributed by atoms with Gasteiger partial charge in [0.1, 0.15) is 30.2 Å². The molecule has 1 aliphatic rings. The minimum Gasteiger partial charge on any atom is -0.510 e. The van der Waals surface area contributed by atoms with E-state index in [0.717, 1.165) is 0 Å². The number of ether oxygens (including phenoxy) is 1. The Morgan fingerprint density at radius 3 is 2.00 bits per heavy atom. The van der Waals surface area contributed by atoms with Crippen LogP contribution in [-0.4, -0.2) is 56.2 Å². The third-order valence-corrected chi connectivity index (χ3v) is 2.38. The summed E-state index contributed by atoms with van der Waals surface area (Å²) in [5.41, 5.74) is 0.467. The average Bonchev–Trinajstić information content (AvgIpc) is 2.43. The van der Waals surface area contributed by atoms with Gasteiger partial charge in [0.25, 0.3) is 0 Å². The first-order chi connectivity index (χ1) is 6.86. The molecule has 6 heteroatoms. The van der Waals surface area contributed by atoms with Crippen LogP contribution in [0.5, 0.6) is 0 Å². The Morgan fingerprint density at radius 2 is 1.67 bits per heavy atom. The van der Waals surface area contributed by atoms with Crippen molar-refractivity contribution in [2.75, 3.05) is 0 Å². The van der Waals surface area contributed by atoms with Gasteiger partial charge in [0.15, 0.2) is 6.29 Å². The molecule has 88 valence electrons. The van der Waals surface area contributed by atoms with Crippen LogP contribution < -0.4 is 0 Å². The van der Waals surface area contributed by atoms with Gasteiger partial charge in [-0.15, -0.1) is 0 Å². The van der Waals surface area contributed by atoms with Crippen LogP contribution in [0, 0.1) is 0 Å². The summed E-state index contributed by atoms with van der Waals surface area (Å²) in [6, 6.07) is 0. The lowest BCUT2D eigenvalue weighted by Gasteiger charge is -2.20. The van der Waals surface area contributed by atoms with E-state index in [1.807, 2.05) is 0 Å². The first-order valence-corrected chi connectivity index (χ1v) is 4.60. The predicted octanol–water partition coefficient (Wildman–Crippen LogP) is -1.36.